The lowest BCUT2D eigenvalue weighted by molar-refractivity contribution is -0.143. The average Bonchev–Trinajstić information content (AvgIpc) is 3.33. The first-order valence-electron chi connectivity index (χ1n) is 11.6. The Hall–Kier alpha value is -1.46. The highest BCUT2D eigenvalue weighted by atomic mass is 31.1. The summed E-state index contributed by atoms with van der Waals surface area (Å²) in [5.41, 5.74) is -3.15. The van der Waals surface area contributed by atoms with E-state index in [2.05, 4.69) is 0 Å². The molecule has 0 radical (unpaired) electrons. The lowest BCUT2D eigenvalue weighted by atomic mass is 10.1. The molecule has 3 aliphatic rings. The Balaban J connectivity index is 1.90. The van der Waals surface area contributed by atoms with E-state index >= 15 is 0 Å². The van der Waals surface area contributed by atoms with Crippen LogP contribution in [0, 0.1) is 0 Å². The molecule has 2 amide bonds. The van der Waals surface area contributed by atoms with E-state index in [1.165, 1.54) is 0 Å². The monoisotopic (exact) mass is 537 g/mol. The van der Waals surface area contributed by atoms with Crippen molar-refractivity contribution in [3.63, 3.8) is 0 Å². The number of anilines is 1. The van der Waals surface area contributed by atoms with Crippen molar-refractivity contribution in [2.24, 2.45) is 0 Å². The second kappa shape index (κ2) is 9.13. The molecular weight excluding hydrogens is 510 g/mol. The molecule has 192 valence electrons. The Morgan fingerprint density at radius 2 is 0.971 bits per heavy atom. The molecule has 0 saturated carbocycles. The zero-order valence-corrected chi connectivity index (χ0v) is 21.6. The highest BCUT2D eigenvalue weighted by Crippen LogP contribution is 2.71. The summed E-state index contributed by atoms with van der Waals surface area (Å²) < 4.78 is 81.0. The zero-order chi connectivity index (χ0) is 26.0. The minimum absolute atomic E-state index is 0.0141. The molecule has 35 heavy (non-hydrogen) atoms. The number of alkyl halides is 6. The van der Waals surface area contributed by atoms with Crippen LogP contribution in [0.3, 0.4) is 0 Å². The molecule has 3 heterocycles. The zero-order valence-electron chi connectivity index (χ0n) is 19.8. The maximum Gasteiger partial charge on any atom is 0.416 e. The van der Waals surface area contributed by atoms with Crippen LogP contribution in [0.4, 0.5) is 32.0 Å². The number of amides is 2. The van der Waals surface area contributed by atoms with Gasteiger partial charge >= 0.3 is 12.4 Å². The molecule has 0 spiro atoms. The van der Waals surface area contributed by atoms with Crippen LogP contribution in [0.5, 0.6) is 0 Å². The summed E-state index contributed by atoms with van der Waals surface area (Å²) in [5, 5.41) is 0.778. The number of hydrogen-bond acceptors (Lipinski definition) is 2. The third-order valence-electron chi connectivity index (χ3n) is 7.29. The predicted molar refractivity (Wildman–Crippen MR) is 126 cm³/mol. The van der Waals surface area contributed by atoms with E-state index in [1.807, 2.05) is 27.7 Å². The van der Waals surface area contributed by atoms with Crippen LogP contribution >= 0.6 is 15.8 Å². The van der Waals surface area contributed by atoms with Crippen molar-refractivity contribution in [1.82, 2.24) is 0 Å². The van der Waals surface area contributed by atoms with E-state index in [9.17, 15) is 35.9 Å². The highest BCUT2D eigenvalue weighted by molar-refractivity contribution is 7.70. The van der Waals surface area contributed by atoms with E-state index in [-0.39, 0.29) is 28.7 Å². The largest absolute Gasteiger partial charge is 0.416 e. The van der Waals surface area contributed by atoms with Crippen LogP contribution in [0.25, 0.3) is 0 Å². The molecule has 0 aromatic heterocycles. The molecule has 1 aromatic carbocycles. The van der Waals surface area contributed by atoms with E-state index in [4.69, 9.17) is 0 Å². The van der Waals surface area contributed by atoms with Crippen molar-refractivity contribution in [3.05, 3.63) is 40.0 Å². The molecule has 4 rings (SSSR count). The summed E-state index contributed by atoms with van der Waals surface area (Å²) in [7, 11) is -2.13. The van der Waals surface area contributed by atoms with Crippen molar-refractivity contribution >= 4 is 33.3 Å². The molecule has 11 heteroatoms. The second-order valence-electron chi connectivity index (χ2n) is 9.77. The van der Waals surface area contributed by atoms with Gasteiger partial charge in [0.25, 0.3) is 11.8 Å². The van der Waals surface area contributed by atoms with Gasteiger partial charge in [-0.3, -0.25) is 9.59 Å². The number of benzene rings is 1. The van der Waals surface area contributed by atoms with Gasteiger partial charge in [-0.2, -0.15) is 26.3 Å². The van der Waals surface area contributed by atoms with Crippen molar-refractivity contribution in [1.29, 1.82) is 0 Å². The van der Waals surface area contributed by atoms with Gasteiger partial charge in [0.1, 0.15) is 0 Å². The van der Waals surface area contributed by atoms with Crippen LogP contribution in [0.2, 0.25) is 0 Å². The number of nitrogens with zero attached hydrogens (tertiary/aromatic N) is 1. The number of carbonyl (C=O) groups is 2. The van der Waals surface area contributed by atoms with E-state index in [0.717, 1.165) is 25.7 Å². The normalized spacial score (nSPS) is 32.3. The molecule has 2 saturated heterocycles. The number of halogens is 6. The van der Waals surface area contributed by atoms with Gasteiger partial charge in [0.15, 0.2) is 0 Å². The lowest BCUT2D eigenvalue weighted by Gasteiger charge is -2.26. The van der Waals surface area contributed by atoms with E-state index in [1.54, 1.807) is 0 Å². The Morgan fingerprint density at radius 3 is 1.26 bits per heavy atom. The first-order valence-corrected chi connectivity index (χ1v) is 14.6. The lowest BCUT2D eigenvalue weighted by Crippen LogP contribution is -2.32. The van der Waals surface area contributed by atoms with Crippen LogP contribution < -0.4 is 4.90 Å². The predicted octanol–water partition coefficient (Wildman–Crippen LogP) is 7.91. The molecule has 3 aliphatic heterocycles. The van der Waals surface area contributed by atoms with Gasteiger partial charge in [0.05, 0.1) is 27.4 Å². The summed E-state index contributed by atoms with van der Waals surface area (Å²) >= 11 is 0. The number of hydrogen-bond donors (Lipinski definition) is 0. The maximum absolute atomic E-state index is 13.8. The minimum atomic E-state index is -5.07. The first-order chi connectivity index (χ1) is 16.1. The second-order valence-corrected chi connectivity index (χ2v) is 15.8. The van der Waals surface area contributed by atoms with Crippen LogP contribution in [-0.2, 0) is 21.9 Å². The average molecular weight is 537 g/mol. The Morgan fingerprint density at radius 1 is 0.657 bits per heavy atom. The fourth-order valence-corrected chi connectivity index (χ4v) is 12.8. The molecule has 4 atom stereocenters. The third-order valence-corrected chi connectivity index (χ3v) is 14.2. The van der Waals surface area contributed by atoms with Gasteiger partial charge in [-0.1, -0.05) is 43.5 Å². The quantitative estimate of drug-likeness (QED) is 0.223. The van der Waals surface area contributed by atoms with E-state index < -0.39 is 56.8 Å². The molecule has 3 nitrogen and oxygen atoms in total. The Labute approximate surface area is 202 Å². The summed E-state index contributed by atoms with van der Waals surface area (Å²) in [6.45, 7) is 8.06. The molecule has 0 aliphatic carbocycles. The minimum Gasteiger partial charge on any atom is -0.268 e. The van der Waals surface area contributed by atoms with Gasteiger partial charge in [-0.25, -0.2) is 4.90 Å². The molecule has 2 fully saturated rings. The molecule has 0 bridgehead atoms. The molecule has 1 aromatic rings. The summed E-state index contributed by atoms with van der Waals surface area (Å²) in [6, 6.07) is 0.977. The fraction of sp³-hybridized carbons (Fsp3) is 0.583. The highest BCUT2D eigenvalue weighted by Gasteiger charge is 2.51. The standard InChI is InChI=1S/C24H27F6NO2P2/c1-12-5-6-13(2)34(12)19-20(35-14(3)7-8-15(35)4)22(33)31(21(19)32)18-10-16(23(25,26)27)9-17(11-18)24(28,29)30/h9-15H,5-8H2,1-4H3. The van der Waals surface area contributed by atoms with Gasteiger partial charge in [0, 0.05) is 0 Å². The molecular formula is C24H27F6NO2P2. The van der Waals surface area contributed by atoms with Crippen molar-refractivity contribution in [2.45, 2.75) is 88.4 Å². The molecule has 4 unspecified atom stereocenters. The van der Waals surface area contributed by atoms with Gasteiger partial charge < -0.3 is 0 Å². The SMILES string of the molecule is CC1CCC(C)P1C1=C(P2C(C)CCC2C)C(=O)N(c2cc(C(F)(F)F)cc(C(F)(F)F)c2)C1=O. The Kier molecular flexibility index (Phi) is 6.94. The number of rotatable bonds is 3. The number of imide groups is 1. The van der Waals surface area contributed by atoms with Crippen LogP contribution in [-0.4, -0.2) is 34.5 Å². The van der Waals surface area contributed by atoms with Crippen molar-refractivity contribution in [2.75, 3.05) is 4.90 Å². The third kappa shape index (κ3) is 4.68. The van der Waals surface area contributed by atoms with Crippen LogP contribution in [0.15, 0.2) is 28.8 Å². The van der Waals surface area contributed by atoms with Gasteiger partial charge in [-0.05, 0) is 66.5 Å². The van der Waals surface area contributed by atoms with Crippen molar-refractivity contribution < 1.29 is 35.9 Å². The number of carbonyl (C=O) groups excluding carboxylic acids is 2. The molecule has 0 N–H and O–H groups in total. The Bertz CT molecular complexity index is 985. The summed E-state index contributed by atoms with van der Waals surface area (Å²) in [4.78, 5) is 28.2. The first kappa shape index (κ1) is 26.6. The van der Waals surface area contributed by atoms with Gasteiger partial charge in [-0.15, -0.1) is 0 Å². The van der Waals surface area contributed by atoms with E-state index in [0.29, 0.717) is 27.7 Å². The van der Waals surface area contributed by atoms with Crippen molar-refractivity contribution in [3.8, 4) is 0 Å². The van der Waals surface area contributed by atoms with Crippen LogP contribution in [0.1, 0.15) is 64.5 Å². The smallest absolute Gasteiger partial charge is 0.268 e. The fourth-order valence-electron chi connectivity index (χ4n) is 5.55. The van der Waals surface area contributed by atoms with Gasteiger partial charge in [0.2, 0.25) is 0 Å². The topological polar surface area (TPSA) is 37.4 Å². The summed E-state index contributed by atoms with van der Waals surface area (Å²) in [6.07, 6.45) is -6.66. The summed E-state index contributed by atoms with van der Waals surface area (Å²) in [5.74, 6) is -1.48. The maximum atomic E-state index is 13.8.